The van der Waals surface area contributed by atoms with Crippen LogP contribution in [0.5, 0.6) is 0 Å². The molecule has 0 aromatic carbocycles. The van der Waals surface area contributed by atoms with Gasteiger partial charge in [-0.05, 0) is 55.4 Å². The Hall–Kier alpha value is -0.0400. The van der Waals surface area contributed by atoms with E-state index in [-0.39, 0.29) is 0 Å². The lowest BCUT2D eigenvalue weighted by atomic mass is 9.68. The van der Waals surface area contributed by atoms with Gasteiger partial charge in [0.1, 0.15) is 0 Å². The molecule has 1 heteroatoms. The number of rotatable bonds is 2. The molecule has 1 atom stereocenters. The van der Waals surface area contributed by atoms with Crippen molar-refractivity contribution in [1.82, 2.24) is 0 Å². The first-order valence-corrected chi connectivity index (χ1v) is 6.15. The minimum absolute atomic E-state index is 0.511. The maximum Gasteiger partial charge on any atom is -0.00489 e. The zero-order valence-corrected chi connectivity index (χ0v) is 10.3. The summed E-state index contributed by atoms with van der Waals surface area (Å²) in [5.41, 5.74) is 6.23. The first-order chi connectivity index (χ1) is 6.45. The quantitative estimate of drug-likeness (QED) is 0.721. The van der Waals surface area contributed by atoms with Crippen LogP contribution >= 0.6 is 0 Å². The molecular formula is C13H27N. The minimum Gasteiger partial charge on any atom is -0.330 e. The monoisotopic (exact) mass is 197 g/mol. The fourth-order valence-corrected chi connectivity index (χ4v) is 2.75. The normalized spacial score (nSPS) is 31.5. The Morgan fingerprint density at radius 2 is 1.64 bits per heavy atom. The van der Waals surface area contributed by atoms with E-state index in [2.05, 4.69) is 27.7 Å². The summed E-state index contributed by atoms with van der Waals surface area (Å²) < 4.78 is 0. The van der Waals surface area contributed by atoms with Crippen LogP contribution in [-0.2, 0) is 0 Å². The van der Waals surface area contributed by atoms with Crippen LogP contribution in [0.1, 0.15) is 53.4 Å². The second-order valence-electron chi connectivity index (χ2n) is 6.19. The second kappa shape index (κ2) is 4.65. The van der Waals surface area contributed by atoms with Crippen molar-refractivity contribution >= 4 is 0 Å². The van der Waals surface area contributed by atoms with Crippen molar-refractivity contribution < 1.29 is 0 Å². The van der Waals surface area contributed by atoms with Gasteiger partial charge in [0.25, 0.3) is 0 Å². The van der Waals surface area contributed by atoms with Crippen LogP contribution in [0.3, 0.4) is 0 Å². The standard InChI is InChI=1S/C13H27N/c1-10(9-14)11-5-7-12(8-6-11)13(2,3)4/h10-12H,5-9,14H2,1-4H3/t10-,11?,12?/m0/s1. The molecule has 0 heterocycles. The second-order valence-corrected chi connectivity index (χ2v) is 6.19. The molecule has 0 unspecified atom stereocenters. The lowest BCUT2D eigenvalue weighted by molar-refractivity contribution is 0.129. The van der Waals surface area contributed by atoms with Crippen LogP contribution < -0.4 is 5.73 Å². The molecule has 1 aliphatic carbocycles. The average Bonchev–Trinajstić information content (AvgIpc) is 2.15. The molecule has 1 rings (SSSR count). The highest BCUT2D eigenvalue weighted by Gasteiger charge is 2.30. The molecule has 0 radical (unpaired) electrons. The SMILES string of the molecule is C[C@@H](CN)C1CCC(C(C)(C)C)CC1. The van der Waals surface area contributed by atoms with E-state index in [1.807, 2.05) is 0 Å². The van der Waals surface area contributed by atoms with Crippen LogP contribution in [0.4, 0.5) is 0 Å². The van der Waals surface area contributed by atoms with Gasteiger partial charge in [-0.25, -0.2) is 0 Å². The van der Waals surface area contributed by atoms with Crippen LogP contribution in [-0.4, -0.2) is 6.54 Å². The third-order valence-corrected chi connectivity index (χ3v) is 4.17. The molecule has 1 saturated carbocycles. The van der Waals surface area contributed by atoms with Crippen molar-refractivity contribution in [3.8, 4) is 0 Å². The van der Waals surface area contributed by atoms with E-state index in [9.17, 15) is 0 Å². The van der Waals surface area contributed by atoms with E-state index in [1.54, 1.807) is 0 Å². The summed E-state index contributed by atoms with van der Waals surface area (Å²) in [6.07, 6.45) is 5.64. The summed E-state index contributed by atoms with van der Waals surface area (Å²) in [7, 11) is 0. The van der Waals surface area contributed by atoms with Gasteiger partial charge in [0.05, 0.1) is 0 Å². The Morgan fingerprint density at radius 1 is 1.14 bits per heavy atom. The Bertz CT molecular complexity index is 161. The smallest absolute Gasteiger partial charge is 0.00489 e. The van der Waals surface area contributed by atoms with Crippen LogP contribution in [0.2, 0.25) is 0 Å². The Labute approximate surface area is 89.5 Å². The molecule has 84 valence electrons. The van der Waals surface area contributed by atoms with Crippen molar-refractivity contribution in [2.75, 3.05) is 6.54 Å². The molecule has 0 bridgehead atoms. The van der Waals surface area contributed by atoms with E-state index in [4.69, 9.17) is 5.73 Å². The Balaban J connectivity index is 2.39. The maximum absolute atomic E-state index is 5.72. The number of hydrogen-bond donors (Lipinski definition) is 1. The van der Waals surface area contributed by atoms with E-state index in [1.165, 1.54) is 25.7 Å². The highest BCUT2D eigenvalue weighted by molar-refractivity contribution is 4.82. The van der Waals surface area contributed by atoms with Gasteiger partial charge in [0.15, 0.2) is 0 Å². The summed E-state index contributed by atoms with van der Waals surface area (Å²) in [4.78, 5) is 0. The predicted molar refractivity (Wildman–Crippen MR) is 63.1 cm³/mol. The van der Waals surface area contributed by atoms with E-state index in [0.29, 0.717) is 5.41 Å². The van der Waals surface area contributed by atoms with Gasteiger partial charge in [0, 0.05) is 0 Å². The van der Waals surface area contributed by atoms with Crippen molar-refractivity contribution in [3.63, 3.8) is 0 Å². The zero-order valence-electron chi connectivity index (χ0n) is 10.3. The molecule has 1 aliphatic rings. The summed E-state index contributed by atoms with van der Waals surface area (Å²) in [5.74, 6) is 2.57. The van der Waals surface area contributed by atoms with Crippen molar-refractivity contribution in [1.29, 1.82) is 0 Å². The van der Waals surface area contributed by atoms with Gasteiger partial charge < -0.3 is 5.73 Å². The lowest BCUT2D eigenvalue weighted by Gasteiger charge is -2.38. The fourth-order valence-electron chi connectivity index (χ4n) is 2.75. The van der Waals surface area contributed by atoms with Gasteiger partial charge in [-0.1, -0.05) is 27.7 Å². The minimum atomic E-state index is 0.511. The predicted octanol–water partition coefficient (Wildman–Crippen LogP) is 3.43. The first-order valence-electron chi connectivity index (χ1n) is 6.15. The molecule has 1 nitrogen and oxygen atoms in total. The summed E-state index contributed by atoms with van der Waals surface area (Å²) in [6, 6.07) is 0. The summed E-state index contributed by atoms with van der Waals surface area (Å²) >= 11 is 0. The van der Waals surface area contributed by atoms with Gasteiger partial charge in [0.2, 0.25) is 0 Å². The highest BCUT2D eigenvalue weighted by Crippen LogP contribution is 2.41. The topological polar surface area (TPSA) is 26.0 Å². The molecule has 14 heavy (non-hydrogen) atoms. The van der Waals surface area contributed by atoms with Crippen LogP contribution in [0.15, 0.2) is 0 Å². The lowest BCUT2D eigenvalue weighted by Crippen LogP contribution is -2.30. The maximum atomic E-state index is 5.72. The van der Waals surface area contributed by atoms with Gasteiger partial charge in [-0.15, -0.1) is 0 Å². The number of nitrogens with two attached hydrogens (primary N) is 1. The molecule has 0 amide bonds. The molecular weight excluding hydrogens is 170 g/mol. The molecule has 2 N–H and O–H groups in total. The first kappa shape index (κ1) is 12.0. The molecule has 0 aromatic heterocycles. The van der Waals surface area contributed by atoms with E-state index >= 15 is 0 Å². The van der Waals surface area contributed by atoms with Crippen LogP contribution in [0, 0.1) is 23.2 Å². The molecule has 0 saturated heterocycles. The van der Waals surface area contributed by atoms with Crippen molar-refractivity contribution in [2.24, 2.45) is 28.9 Å². The Morgan fingerprint density at radius 3 is 2.00 bits per heavy atom. The zero-order chi connectivity index (χ0) is 10.8. The van der Waals surface area contributed by atoms with Crippen molar-refractivity contribution in [3.05, 3.63) is 0 Å². The van der Waals surface area contributed by atoms with Gasteiger partial charge >= 0.3 is 0 Å². The summed E-state index contributed by atoms with van der Waals surface area (Å²) in [6.45, 7) is 10.3. The molecule has 0 spiro atoms. The van der Waals surface area contributed by atoms with Crippen LogP contribution in [0.25, 0.3) is 0 Å². The third kappa shape index (κ3) is 2.98. The Kier molecular flexibility index (Phi) is 4.00. The third-order valence-electron chi connectivity index (χ3n) is 4.17. The average molecular weight is 197 g/mol. The molecule has 0 aromatic rings. The van der Waals surface area contributed by atoms with Gasteiger partial charge in [-0.2, -0.15) is 0 Å². The fraction of sp³-hybridized carbons (Fsp3) is 1.00. The van der Waals surface area contributed by atoms with E-state index in [0.717, 1.165) is 24.3 Å². The molecule has 1 fully saturated rings. The highest BCUT2D eigenvalue weighted by atomic mass is 14.6. The summed E-state index contributed by atoms with van der Waals surface area (Å²) in [5, 5.41) is 0. The van der Waals surface area contributed by atoms with Crippen molar-refractivity contribution in [2.45, 2.75) is 53.4 Å². The van der Waals surface area contributed by atoms with Gasteiger partial charge in [-0.3, -0.25) is 0 Å². The largest absolute Gasteiger partial charge is 0.330 e. The number of hydrogen-bond acceptors (Lipinski definition) is 1. The van der Waals surface area contributed by atoms with E-state index < -0.39 is 0 Å². The molecule has 0 aliphatic heterocycles.